The fraction of sp³-hybridized carbons (Fsp3) is 0.938. The number of hydrogen-bond acceptors (Lipinski definition) is 2. The van der Waals surface area contributed by atoms with E-state index in [1.54, 1.807) is 0 Å². The Morgan fingerprint density at radius 2 is 2.11 bits per heavy atom. The molecule has 3 nitrogen and oxygen atoms in total. The van der Waals surface area contributed by atoms with Gasteiger partial charge in [-0.05, 0) is 49.5 Å². The molecule has 1 saturated carbocycles. The minimum absolute atomic E-state index is 0.193. The largest absolute Gasteiger partial charge is 0.353 e. The SMILES string of the molecule is CC(C)CC(CN)CC(=O)NC1CCCC(C)(C)C1. The normalized spacial score (nSPS) is 24.2. The number of nitrogens with one attached hydrogen (secondary N) is 1. The molecular weight excluding hydrogens is 236 g/mol. The van der Waals surface area contributed by atoms with E-state index in [9.17, 15) is 4.79 Å². The van der Waals surface area contributed by atoms with E-state index in [1.165, 1.54) is 12.8 Å². The van der Waals surface area contributed by atoms with Crippen LogP contribution in [0, 0.1) is 17.3 Å². The molecule has 3 N–H and O–H groups in total. The lowest BCUT2D eigenvalue weighted by atomic mass is 9.75. The van der Waals surface area contributed by atoms with Crippen molar-refractivity contribution in [3.05, 3.63) is 0 Å². The average Bonchev–Trinajstić information content (AvgIpc) is 2.25. The first-order valence-electron chi connectivity index (χ1n) is 7.82. The van der Waals surface area contributed by atoms with E-state index in [4.69, 9.17) is 5.73 Å². The smallest absolute Gasteiger partial charge is 0.220 e. The number of nitrogens with two attached hydrogens (primary N) is 1. The number of hydrogen-bond donors (Lipinski definition) is 2. The molecule has 2 atom stereocenters. The summed E-state index contributed by atoms with van der Waals surface area (Å²) < 4.78 is 0. The topological polar surface area (TPSA) is 55.1 Å². The lowest BCUT2D eigenvalue weighted by Crippen LogP contribution is -2.41. The van der Waals surface area contributed by atoms with Gasteiger partial charge in [0, 0.05) is 12.5 Å². The summed E-state index contributed by atoms with van der Waals surface area (Å²) in [5.74, 6) is 1.13. The van der Waals surface area contributed by atoms with Crippen LogP contribution >= 0.6 is 0 Å². The van der Waals surface area contributed by atoms with Gasteiger partial charge in [-0.25, -0.2) is 0 Å². The second kappa shape index (κ2) is 7.28. The second-order valence-corrected chi connectivity index (χ2v) is 7.46. The predicted molar refractivity (Wildman–Crippen MR) is 80.8 cm³/mol. The molecule has 0 bridgehead atoms. The maximum atomic E-state index is 12.1. The highest BCUT2D eigenvalue weighted by Gasteiger charge is 2.29. The van der Waals surface area contributed by atoms with E-state index in [0.29, 0.717) is 36.3 Å². The molecule has 0 aromatic rings. The minimum atomic E-state index is 0.193. The Morgan fingerprint density at radius 3 is 2.63 bits per heavy atom. The molecule has 1 aliphatic carbocycles. The molecular formula is C16H32N2O. The van der Waals surface area contributed by atoms with Crippen LogP contribution in [-0.2, 0) is 4.79 Å². The van der Waals surface area contributed by atoms with Crippen LogP contribution < -0.4 is 11.1 Å². The Morgan fingerprint density at radius 1 is 1.42 bits per heavy atom. The lowest BCUT2D eigenvalue weighted by molar-refractivity contribution is -0.123. The summed E-state index contributed by atoms with van der Waals surface area (Å²) in [7, 11) is 0. The summed E-state index contributed by atoms with van der Waals surface area (Å²) in [4.78, 5) is 12.1. The molecule has 0 heterocycles. The second-order valence-electron chi connectivity index (χ2n) is 7.46. The zero-order valence-corrected chi connectivity index (χ0v) is 13.2. The maximum absolute atomic E-state index is 12.1. The van der Waals surface area contributed by atoms with Crippen molar-refractivity contribution in [2.45, 2.75) is 72.3 Å². The number of rotatable bonds is 6. The van der Waals surface area contributed by atoms with E-state index in [-0.39, 0.29) is 5.91 Å². The zero-order valence-electron chi connectivity index (χ0n) is 13.2. The van der Waals surface area contributed by atoms with Crippen LogP contribution in [0.25, 0.3) is 0 Å². The maximum Gasteiger partial charge on any atom is 0.220 e. The van der Waals surface area contributed by atoms with Crippen molar-refractivity contribution in [1.29, 1.82) is 0 Å². The molecule has 0 aliphatic heterocycles. The first-order valence-corrected chi connectivity index (χ1v) is 7.82. The highest BCUT2D eigenvalue weighted by molar-refractivity contribution is 5.76. The number of carbonyl (C=O) groups is 1. The molecule has 0 saturated heterocycles. The van der Waals surface area contributed by atoms with E-state index in [2.05, 4.69) is 33.0 Å². The van der Waals surface area contributed by atoms with Crippen LogP contribution in [0.1, 0.15) is 66.2 Å². The Hall–Kier alpha value is -0.570. The highest BCUT2D eigenvalue weighted by atomic mass is 16.1. The van der Waals surface area contributed by atoms with Gasteiger partial charge in [0.05, 0.1) is 0 Å². The molecule has 0 spiro atoms. The molecule has 0 aromatic carbocycles. The van der Waals surface area contributed by atoms with Gasteiger partial charge < -0.3 is 11.1 Å². The monoisotopic (exact) mass is 268 g/mol. The minimum Gasteiger partial charge on any atom is -0.353 e. The van der Waals surface area contributed by atoms with Gasteiger partial charge in [-0.3, -0.25) is 4.79 Å². The number of carbonyl (C=O) groups excluding carboxylic acids is 1. The number of amides is 1. The summed E-state index contributed by atoms with van der Waals surface area (Å²) in [6.45, 7) is 9.58. The standard InChI is InChI=1S/C16H32N2O/c1-12(2)8-13(11-17)9-15(19)18-14-6-5-7-16(3,4)10-14/h12-14H,5-11,17H2,1-4H3,(H,18,19). The fourth-order valence-electron chi connectivity index (χ4n) is 3.30. The molecule has 0 radical (unpaired) electrons. The Kier molecular flexibility index (Phi) is 6.31. The summed E-state index contributed by atoms with van der Waals surface area (Å²) in [6, 6.07) is 0.369. The van der Waals surface area contributed by atoms with Crippen LogP contribution in [-0.4, -0.2) is 18.5 Å². The van der Waals surface area contributed by atoms with Crippen molar-refractivity contribution in [3.63, 3.8) is 0 Å². The van der Waals surface area contributed by atoms with Gasteiger partial charge in [-0.15, -0.1) is 0 Å². The summed E-state index contributed by atoms with van der Waals surface area (Å²) in [5.41, 5.74) is 6.14. The van der Waals surface area contributed by atoms with Crippen LogP contribution in [0.3, 0.4) is 0 Å². The molecule has 1 aliphatic rings. The third-order valence-electron chi connectivity index (χ3n) is 4.18. The lowest BCUT2D eigenvalue weighted by Gasteiger charge is -2.35. The first-order chi connectivity index (χ1) is 8.82. The third kappa shape index (κ3) is 6.42. The third-order valence-corrected chi connectivity index (χ3v) is 4.18. The van der Waals surface area contributed by atoms with Gasteiger partial charge in [-0.1, -0.05) is 34.1 Å². The Balaban J connectivity index is 2.37. The molecule has 3 heteroatoms. The van der Waals surface area contributed by atoms with Gasteiger partial charge in [0.2, 0.25) is 5.91 Å². The molecule has 1 amide bonds. The molecule has 1 rings (SSSR count). The average molecular weight is 268 g/mol. The van der Waals surface area contributed by atoms with Crippen molar-refractivity contribution < 1.29 is 4.79 Å². The van der Waals surface area contributed by atoms with Gasteiger partial charge in [-0.2, -0.15) is 0 Å². The van der Waals surface area contributed by atoms with E-state index < -0.39 is 0 Å². The van der Waals surface area contributed by atoms with Crippen molar-refractivity contribution in [3.8, 4) is 0 Å². The Labute approximate surface area is 118 Å². The van der Waals surface area contributed by atoms with Crippen LogP contribution in [0.2, 0.25) is 0 Å². The molecule has 2 unspecified atom stereocenters. The molecule has 0 aromatic heterocycles. The molecule has 112 valence electrons. The zero-order chi connectivity index (χ0) is 14.5. The fourth-order valence-corrected chi connectivity index (χ4v) is 3.30. The summed E-state index contributed by atoms with van der Waals surface area (Å²) in [6.07, 6.45) is 6.37. The van der Waals surface area contributed by atoms with Gasteiger partial charge in [0.1, 0.15) is 0 Å². The van der Waals surface area contributed by atoms with Crippen LogP contribution in [0.4, 0.5) is 0 Å². The van der Waals surface area contributed by atoms with Gasteiger partial charge >= 0.3 is 0 Å². The summed E-state index contributed by atoms with van der Waals surface area (Å²) in [5, 5.41) is 3.22. The van der Waals surface area contributed by atoms with Crippen molar-refractivity contribution >= 4 is 5.91 Å². The van der Waals surface area contributed by atoms with E-state index >= 15 is 0 Å². The quantitative estimate of drug-likeness (QED) is 0.778. The van der Waals surface area contributed by atoms with Gasteiger partial charge in [0.15, 0.2) is 0 Å². The van der Waals surface area contributed by atoms with Gasteiger partial charge in [0.25, 0.3) is 0 Å². The van der Waals surface area contributed by atoms with Crippen molar-refractivity contribution in [2.75, 3.05) is 6.54 Å². The highest BCUT2D eigenvalue weighted by Crippen LogP contribution is 2.35. The Bertz CT molecular complexity index is 286. The first kappa shape index (κ1) is 16.5. The van der Waals surface area contributed by atoms with Crippen molar-refractivity contribution in [1.82, 2.24) is 5.32 Å². The molecule has 19 heavy (non-hydrogen) atoms. The van der Waals surface area contributed by atoms with E-state index in [1.807, 2.05) is 0 Å². The van der Waals surface area contributed by atoms with Crippen molar-refractivity contribution in [2.24, 2.45) is 23.0 Å². The predicted octanol–water partition coefficient (Wildman–Crippen LogP) is 3.08. The molecule has 1 fully saturated rings. The van der Waals surface area contributed by atoms with Crippen LogP contribution in [0.15, 0.2) is 0 Å². The summed E-state index contributed by atoms with van der Waals surface area (Å²) >= 11 is 0. The van der Waals surface area contributed by atoms with E-state index in [0.717, 1.165) is 19.3 Å². The van der Waals surface area contributed by atoms with Crippen LogP contribution in [0.5, 0.6) is 0 Å².